The van der Waals surface area contributed by atoms with Crippen LogP contribution in [0.2, 0.25) is 0 Å². The maximum atomic E-state index is 12.5. The van der Waals surface area contributed by atoms with Gasteiger partial charge in [0, 0.05) is 18.8 Å². The Balaban J connectivity index is 0.00000101. The van der Waals surface area contributed by atoms with Crippen molar-refractivity contribution in [2.45, 2.75) is 31.7 Å². The number of benzene rings is 1. The van der Waals surface area contributed by atoms with Crippen molar-refractivity contribution in [1.82, 2.24) is 15.2 Å². The lowest BCUT2D eigenvalue weighted by atomic mass is 10.0. The molecule has 1 atom stereocenters. The molecule has 1 fully saturated rings. The van der Waals surface area contributed by atoms with E-state index in [0.29, 0.717) is 6.54 Å². The number of aromatic nitrogens is 1. The lowest BCUT2D eigenvalue weighted by molar-refractivity contribution is -0.122. The van der Waals surface area contributed by atoms with E-state index in [1.807, 2.05) is 18.2 Å². The number of carbonyl (C=O) groups excluding carboxylic acids is 1. The van der Waals surface area contributed by atoms with Crippen molar-refractivity contribution >= 4 is 12.4 Å². The quantitative estimate of drug-likeness (QED) is 0.625. The predicted octanol–water partition coefficient (Wildman–Crippen LogP) is 2.43. The van der Waals surface area contributed by atoms with Gasteiger partial charge in [-0.15, -0.1) is 0 Å². The van der Waals surface area contributed by atoms with Gasteiger partial charge in [-0.2, -0.15) is 0 Å². The zero-order valence-corrected chi connectivity index (χ0v) is 17.2. The van der Waals surface area contributed by atoms with E-state index in [0.717, 1.165) is 13.1 Å². The smallest absolute Gasteiger partial charge is 0.290 e. The molecular formula is C22H29N3O5. The molecule has 2 heterocycles. The van der Waals surface area contributed by atoms with Crippen molar-refractivity contribution in [2.24, 2.45) is 0 Å². The van der Waals surface area contributed by atoms with E-state index in [1.54, 1.807) is 0 Å². The van der Waals surface area contributed by atoms with Crippen molar-refractivity contribution in [3.8, 4) is 5.75 Å². The highest BCUT2D eigenvalue weighted by molar-refractivity contribution is 5.92. The van der Waals surface area contributed by atoms with Gasteiger partial charge in [-0.25, -0.2) is 0 Å². The summed E-state index contributed by atoms with van der Waals surface area (Å²) in [5.41, 5.74) is 1.12. The second kappa shape index (κ2) is 12.4. The number of nitrogens with zero attached hydrogens (tertiary/aromatic N) is 1. The summed E-state index contributed by atoms with van der Waals surface area (Å²) in [6.07, 6.45) is 6.31. The van der Waals surface area contributed by atoms with E-state index in [2.05, 4.69) is 27.3 Å². The lowest BCUT2D eigenvalue weighted by Gasteiger charge is -2.31. The van der Waals surface area contributed by atoms with Gasteiger partial charge in [0.15, 0.2) is 5.75 Å². The summed E-state index contributed by atoms with van der Waals surface area (Å²) in [5.74, 6) is -0.0937. The van der Waals surface area contributed by atoms with Crippen LogP contribution in [0.4, 0.5) is 0 Å². The van der Waals surface area contributed by atoms with E-state index in [-0.39, 0.29) is 35.3 Å². The number of H-pyrrole nitrogens is 1. The molecule has 0 aliphatic carbocycles. The monoisotopic (exact) mass is 415 g/mol. The van der Waals surface area contributed by atoms with Crippen LogP contribution >= 0.6 is 0 Å². The predicted molar refractivity (Wildman–Crippen MR) is 114 cm³/mol. The summed E-state index contributed by atoms with van der Waals surface area (Å²) >= 11 is 0. The maximum Gasteiger partial charge on any atom is 0.290 e. The number of ether oxygens (including phenoxy) is 1. The molecule has 1 saturated heterocycles. The van der Waals surface area contributed by atoms with Crippen LogP contribution in [-0.2, 0) is 4.79 Å². The molecule has 1 aromatic carbocycles. The average molecular weight is 415 g/mol. The Bertz CT molecular complexity index is 845. The van der Waals surface area contributed by atoms with Crippen molar-refractivity contribution < 1.29 is 19.4 Å². The second-order valence-electron chi connectivity index (χ2n) is 6.97. The van der Waals surface area contributed by atoms with Gasteiger partial charge in [0.05, 0.1) is 13.2 Å². The first kappa shape index (κ1) is 23.2. The molecule has 1 aliphatic heterocycles. The Hall–Kier alpha value is -3.13. The Morgan fingerprint density at radius 3 is 2.43 bits per heavy atom. The molecule has 1 aromatic heterocycles. The van der Waals surface area contributed by atoms with Gasteiger partial charge < -0.3 is 20.1 Å². The van der Waals surface area contributed by atoms with Crippen LogP contribution in [0.25, 0.3) is 0 Å². The molecule has 30 heavy (non-hydrogen) atoms. The summed E-state index contributed by atoms with van der Waals surface area (Å²) < 4.78 is 4.94. The van der Waals surface area contributed by atoms with Gasteiger partial charge in [0.1, 0.15) is 5.69 Å². The number of pyridine rings is 1. The van der Waals surface area contributed by atoms with Crippen LogP contribution in [0.3, 0.4) is 0 Å². The Labute approximate surface area is 175 Å². The SMILES string of the molecule is COc1c[nH]c(C(=O)NCC(c2ccccc2)N2CCCCCC2)cc1=O.O=CO. The molecule has 0 saturated carbocycles. The maximum absolute atomic E-state index is 12.5. The minimum Gasteiger partial charge on any atom is -0.491 e. The van der Waals surface area contributed by atoms with Crippen molar-refractivity contribution in [1.29, 1.82) is 0 Å². The van der Waals surface area contributed by atoms with E-state index in [4.69, 9.17) is 14.6 Å². The number of hydrogen-bond acceptors (Lipinski definition) is 5. The number of methoxy groups -OCH3 is 1. The fraction of sp³-hybridized carbons (Fsp3) is 0.409. The highest BCUT2D eigenvalue weighted by Crippen LogP contribution is 2.23. The molecule has 0 bridgehead atoms. The molecule has 1 amide bonds. The molecule has 0 radical (unpaired) electrons. The van der Waals surface area contributed by atoms with Gasteiger partial charge in [0.25, 0.3) is 12.4 Å². The first-order valence-corrected chi connectivity index (χ1v) is 10.0. The molecule has 0 spiro atoms. The van der Waals surface area contributed by atoms with Gasteiger partial charge >= 0.3 is 0 Å². The van der Waals surface area contributed by atoms with Crippen molar-refractivity contribution in [3.63, 3.8) is 0 Å². The van der Waals surface area contributed by atoms with Crippen LogP contribution in [0.5, 0.6) is 5.75 Å². The summed E-state index contributed by atoms with van der Waals surface area (Å²) in [7, 11) is 1.43. The number of carboxylic acid groups (broad SMARTS) is 1. The highest BCUT2D eigenvalue weighted by Gasteiger charge is 2.22. The van der Waals surface area contributed by atoms with Crippen LogP contribution in [0, 0.1) is 0 Å². The molecule has 162 valence electrons. The highest BCUT2D eigenvalue weighted by atomic mass is 16.5. The first-order chi connectivity index (χ1) is 14.6. The molecular weight excluding hydrogens is 386 g/mol. The Morgan fingerprint density at radius 2 is 1.87 bits per heavy atom. The third kappa shape index (κ3) is 6.73. The number of carbonyl (C=O) groups is 2. The van der Waals surface area contributed by atoms with E-state index < -0.39 is 0 Å². The topological polar surface area (TPSA) is 112 Å². The number of rotatable bonds is 6. The fourth-order valence-electron chi connectivity index (χ4n) is 3.57. The van der Waals surface area contributed by atoms with Crippen molar-refractivity contribution in [2.75, 3.05) is 26.7 Å². The number of aromatic amines is 1. The largest absolute Gasteiger partial charge is 0.491 e. The van der Waals surface area contributed by atoms with Gasteiger partial charge in [-0.05, 0) is 31.5 Å². The summed E-state index contributed by atoms with van der Waals surface area (Å²) in [4.78, 5) is 38.1. The number of amides is 1. The van der Waals surface area contributed by atoms with Crippen molar-refractivity contribution in [3.05, 3.63) is 64.1 Å². The van der Waals surface area contributed by atoms with Crippen LogP contribution in [0.15, 0.2) is 47.4 Å². The third-order valence-corrected chi connectivity index (χ3v) is 5.06. The molecule has 8 nitrogen and oxygen atoms in total. The molecule has 1 aliphatic rings. The van der Waals surface area contributed by atoms with E-state index >= 15 is 0 Å². The third-order valence-electron chi connectivity index (χ3n) is 5.06. The normalized spacial score (nSPS) is 15.1. The standard InChI is InChI=1S/C21H27N3O3.CH2O2/c1-27-20-15-22-17(13-19(20)25)21(26)23-14-18(16-9-5-4-6-10-16)24-11-7-2-3-8-12-24;2-1-3/h4-6,9-10,13,15,18H,2-3,7-8,11-12,14H2,1H3,(H,22,25)(H,23,26);1H,(H,2,3). The van der Waals surface area contributed by atoms with Crippen LogP contribution < -0.4 is 15.5 Å². The second-order valence-corrected chi connectivity index (χ2v) is 6.97. The number of hydrogen-bond donors (Lipinski definition) is 3. The zero-order valence-electron chi connectivity index (χ0n) is 17.2. The van der Waals surface area contributed by atoms with Gasteiger partial charge in [-0.1, -0.05) is 43.2 Å². The molecule has 1 unspecified atom stereocenters. The first-order valence-electron chi connectivity index (χ1n) is 10.0. The number of likely N-dealkylation sites (tertiary alicyclic amines) is 1. The Morgan fingerprint density at radius 1 is 1.23 bits per heavy atom. The summed E-state index contributed by atoms with van der Waals surface area (Å²) in [6.45, 7) is 2.32. The van der Waals surface area contributed by atoms with Gasteiger partial charge in [0.2, 0.25) is 5.43 Å². The molecule has 8 heteroatoms. The minimum absolute atomic E-state index is 0.123. The zero-order chi connectivity index (χ0) is 21.8. The van der Waals surface area contributed by atoms with Gasteiger partial charge in [-0.3, -0.25) is 19.3 Å². The summed E-state index contributed by atoms with van der Waals surface area (Å²) in [6, 6.07) is 11.7. The molecule has 2 aromatic rings. The minimum atomic E-state index is -0.312. The molecule has 3 N–H and O–H groups in total. The van der Waals surface area contributed by atoms with E-state index in [1.165, 1.54) is 50.6 Å². The van der Waals surface area contributed by atoms with Crippen LogP contribution in [-0.4, -0.2) is 54.1 Å². The number of nitrogens with one attached hydrogen (secondary N) is 2. The molecule has 3 rings (SSSR count). The average Bonchev–Trinajstić information content (AvgIpc) is 3.04. The van der Waals surface area contributed by atoms with E-state index in [9.17, 15) is 9.59 Å². The lowest BCUT2D eigenvalue weighted by Crippen LogP contribution is -2.39. The Kier molecular flexibility index (Phi) is 9.60. The summed E-state index contributed by atoms with van der Waals surface area (Å²) in [5, 5.41) is 9.88. The van der Waals surface area contributed by atoms with Crippen LogP contribution in [0.1, 0.15) is 47.8 Å². The fourth-order valence-corrected chi connectivity index (χ4v) is 3.57.